The molecule has 0 radical (unpaired) electrons. The molecule has 0 aliphatic rings. The summed E-state index contributed by atoms with van der Waals surface area (Å²) in [4.78, 5) is 13.8. The summed E-state index contributed by atoms with van der Waals surface area (Å²) in [5, 5.41) is 10.4. The van der Waals surface area contributed by atoms with Gasteiger partial charge in [-0.15, -0.1) is 0 Å². The van der Waals surface area contributed by atoms with E-state index in [1.54, 1.807) is 37.4 Å². The van der Waals surface area contributed by atoms with Gasteiger partial charge in [-0.2, -0.15) is 0 Å². The quantitative estimate of drug-likeness (QED) is 0.811. The number of carbonyl (C=O) groups excluding carboxylic acids is 1. The summed E-state index contributed by atoms with van der Waals surface area (Å²) >= 11 is 9.33. The molecular formula is C15H14BrClN2O2. The van der Waals surface area contributed by atoms with Crippen molar-refractivity contribution in [2.24, 2.45) is 0 Å². The van der Waals surface area contributed by atoms with Crippen molar-refractivity contribution in [2.75, 3.05) is 12.8 Å². The van der Waals surface area contributed by atoms with Gasteiger partial charge in [-0.1, -0.05) is 27.5 Å². The first-order valence-corrected chi connectivity index (χ1v) is 7.33. The van der Waals surface area contributed by atoms with Crippen molar-refractivity contribution >= 4 is 39.1 Å². The van der Waals surface area contributed by atoms with Gasteiger partial charge in [-0.25, -0.2) is 0 Å². The summed E-state index contributed by atoms with van der Waals surface area (Å²) < 4.78 is 0.707. The third kappa shape index (κ3) is 3.68. The molecular weight excluding hydrogens is 356 g/mol. The molecule has 0 bridgehead atoms. The fourth-order valence-corrected chi connectivity index (χ4v) is 2.46. The molecule has 0 aliphatic carbocycles. The van der Waals surface area contributed by atoms with Gasteiger partial charge in [-0.3, -0.25) is 4.79 Å². The number of rotatable bonds is 3. The van der Waals surface area contributed by atoms with Gasteiger partial charge in [0, 0.05) is 28.8 Å². The predicted molar refractivity (Wildman–Crippen MR) is 87.5 cm³/mol. The van der Waals surface area contributed by atoms with E-state index in [4.69, 9.17) is 17.3 Å². The standard InChI is InChI=1S/C15H14BrClN2O2/c1-19(8-9-6-11(18)3-5-13(9)17)15(21)12-4-2-10(16)7-14(12)20/h2-7,20H,8,18H2,1H3. The summed E-state index contributed by atoms with van der Waals surface area (Å²) in [6.45, 7) is 0.304. The number of phenols is 1. The van der Waals surface area contributed by atoms with Crippen LogP contribution in [0, 0.1) is 0 Å². The van der Waals surface area contributed by atoms with Crippen molar-refractivity contribution < 1.29 is 9.90 Å². The second-order valence-electron chi connectivity index (χ2n) is 4.67. The fraction of sp³-hybridized carbons (Fsp3) is 0.133. The van der Waals surface area contributed by atoms with Crippen LogP contribution in [-0.2, 0) is 6.54 Å². The van der Waals surface area contributed by atoms with Crippen LogP contribution >= 0.6 is 27.5 Å². The first kappa shape index (κ1) is 15.7. The van der Waals surface area contributed by atoms with E-state index in [2.05, 4.69) is 15.9 Å². The van der Waals surface area contributed by atoms with Crippen LogP contribution in [0.2, 0.25) is 5.02 Å². The lowest BCUT2D eigenvalue weighted by Gasteiger charge is -2.19. The molecule has 2 rings (SSSR count). The third-order valence-electron chi connectivity index (χ3n) is 3.01. The number of hydrogen-bond acceptors (Lipinski definition) is 3. The average Bonchev–Trinajstić information content (AvgIpc) is 2.42. The molecule has 110 valence electrons. The fourth-order valence-electron chi connectivity index (χ4n) is 1.93. The Labute approximate surface area is 136 Å². The minimum atomic E-state index is -0.293. The molecule has 6 heteroatoms. The number of nitrogen functional groups attached to an aromatic ring is 1. The van der Waals surface area contributed by atoms with E-state index in [-0.39, 0.29) is 17.2 Å². The van der Waals surface area contributed by atoms with Gasteiger partial charge in [-0.05, 0) is 42.0 Å². The molecule has 0 aliphatic heterocycles. The zero-order valence-corrected chi connectivity index (χ0v) is 13.6. The zero-order chi connectivity index (χ0) is 15.6. The first-order chi connectivity index (χ1) is 9.88. The topological polar surface area (TPSA) is 66.6 Å². The summed E-state index contributed by atoms with van der Waals surface area (Å²) in [5.74, 6) is -0.363. The Kier molecular flexibility index (Phi) is 4.75. The smallest absolute Gasteiger partial charge is 0.257 e. The SMILES string of the molecule is CN(Cc1cc(N)ccc1Cl)C(=O)c1ccc(Br)cc1O. The zero-order valence-electron chi connectivity index (χ0n) is 11.3. The Morgan fingerprint density at radius 2 is 2.05 bits per heavy atom. The number of anilines is 1. The highest BCUT2D eigenvalue weighted by molar-refractivity contribution is 9.10. The number of halogens is 2. The second-order valence-corrected chi connectivity index (χ2v) is 6.00. The number of hydrogen-bond donors (Lipinski definition) is 2. The highest BCUT2D eigenvalue weighted by atomic mass is 79.9. The Bertz CT molecular complexity index is 691. The molecule has 2 aromatic carbocycles. The second kappa shape index (κ2) is 6.37. The van der Waals surface area contributed by atoms with Crippen molar-refractivity contribution in [3.63, 3.8) is 0 Å². The minimum Gasteiger partial charge on any atom is -0.507 e. The van der Waals surface area contributed by atoms with Crippen LogP contribution < -0.4 is 5.73 Å². The van der Waals surface area contributed by atoms with E-state index in [0.717, 1.165) is 5.56 Å². The van der Waals surface area contributed by atoms with E-state index < -0.39 is 0 Å². The lowest BCUT2D eigenvalue weighted by atomic mass is 10.1. The highest BCUT2D eigenvalue weighted by Gasteiger charge is 2.17. The molecule has 0 saturated carbocycles. The normalized spacial score (nSPS) is 10.4. The van der Waals surface area contributed by atoms with E-state index in [1.807, 2.05) is 0 Å². The first-order valence-electron chi connectivity index (χ1n) is 6.16. The van der Waals surface area contributed by atoms with Gasteiger partial charge in [0.2, 0.25) is 0 Å². The highest BCUT2D eigenvalue weighted by Crippen LogP contribution is 2.25. The third-order valence-corrected chi connectivity index (χ3v) is 3.88. The molecule has 0 spiro atoms. The number of amides is 1. The molecule has 0 fully saturated rings. The van der Waals surface area contributed by atoms with Gasteiger partial charge in [0.15, 0.2) is 0 Å². The van der Waals surface area contributed by atoms with Crippen LogP contribution in [0.15, 0.2) is 40.9 Å². The summed E-state index contributed by atoms with van der Waals surface area (Å²) in [7, 11) is 1.64. The Morgan fingerprint density at radius 1 is 1.33 bits per heavy atom. The van der Waals surface area contributed by atoms with Crippen LogP contribution in [0.3, 0.4) is 0 Å². The van der Waals surface area contributed by atoms with Crippen LogP contribution in [0.5, 0.6) is 5.75 Å². The van der Waals surface area contributed by atoms with E-state index >= 15 is 0 Å². The lowest BCUT2D eigenvalue weighted by Crippen LogP contribution is -2.26. The van der Waals surface area contributed by atoms with Gasteiger partial charge >= 0.3 is 0 Å². The average molecular weight is 370 g/mol. The summed E-state index contributed by atoms with van der Waals surface area (Å²) in [5.41, 5.74) is 7.30. The number of carbonyl (C=O) groups is 1. The maximum atomic E-state index is 12.4. The van der Waals surface area contributed by atoms with Crippen molar-refractivity contribution in [1.29, 1.82) is 0 Å². The molecule has 1 amide bonds. The maximum Gasteiger partial charge on any atom is 0.257 e. The van der Waals surface area contributed by atoms with Crippen molar-refractivity contribution in [1.82, 2.24) is 4.90 Å². The van der Waals surface area contributed by atoms with Crippen molar-refractivity contribution in [2.45, 2.75) is 6.54 Å². The summed E-state index contributed by atoms with van der Waals surface area (Å²) in [6.07, 6.45) is 0. The number of phenolic OH excluding ortho intramolecular Hbond substituents is 1. The molecule has 21 heavy (non-hydrogen) atoms. The summed E-state index contributed by atoms with van der Waals surface area (Å²) in [6, 6.07) is 9.88. The maximum absolute atomic E-state index is 12.4. The van der Waals surface area contributed by atoms with E-state index in [1.165, 1.54) is 11.0 Å². The van der Waals surface area contributed by atoms with Gasteiger partial charge in [0.05, 0.1) is 5.56 Å². The van der Waals surface area contributed by atoms with Gasteiger partial charge in [0.25, 0.3) is 5.91 Å². The van der Waals surface area contributed by atoms with Gasteiger partial charge < -0.3 is 15.7 Å². The molecule has 4 nitrogen and oxygen atoms in total. The van der Waals surface area contributed by atoms with Crippen LogP contribution in [-0.4, -0.2) is 23.0 Å². The molecule has 2 aromatic rings. The minimum absolute atomic E-state index is 0.0695. The van der Waals surface area contributed by atoms with Crippen LogP contribution in [0.25, 0.3) is 0 Å². The Morgan fingerprint density at radius 3 is 2.71 bits per heavy atom. The number of benzene rings is 2. The van der Waals surface area contributed by atoms with E-state index in [0.29, 0.717) is 21.7 Å². The monoisotopic (exact) mass is 368 g/mol. The molecule has 0 unspecified atom stereocenters. The predicted octanol–water partition coefficient (Wildman–Crippen LogP) is 3.66. The van der Waals surface area contributed by atoms with E-state index in [9.17, 15) is 9.90 Å². The van der Waals surface area contributed by atoms with Crippen LogP contribution in [0.4, 0.5) is 5.69 Å². The molecule has 3 N–H and O–H groups in total. The Hall–Kier alpha value is -1.72. The molecule has 0 saturated heterocycles. The number of aromatic hydroxyl groups is 1. The molecule has 0 aromatic heterocycles. The number of nitrogens with zero attached hydrogens (tertiary/aromatic N) is 1. The van der Waals surface area contributed by atoms with Gasteiger partial charge in [0.1, 0.15) is 5.75 Å². The molecule has 0 atom stereocenters. The molecule has 0 heterocycles. The lowest BCUT2D eigenvalue weighted by molar-refractivity contribution is 0.0782. The van der Waals surface area contributed by atoms with Crippen molar-refractivity contribution in [3.05, 3.63) is 57.0 Å². The number of nitrogens with two attached hydrogens (primary N) is 1. The largest absolute Gasteiger partial charge is 0.507 e. The Balaban J connectivity index is 2.21. The van der Waals surface area contributed by atoms with Crippen molar-refractivity contribution in [3.8, 4) is 5.75 Å². The van der Waals surface area contributed by atoms with Crippen LogP contribution in [0.1, 0.15) is 15.9 Å².